The first-order valence-corrected chi connectivity index (χ1v) is 13.8. The molecule has 0 spiro atoms. The molecule has 0 unspecified atom stereocenters. The molecular formula is C27H27IN4O2. The number of halogens is 1. The van der Waals surface area contributed by atoms with Crippen LogP contribution >= 0.6 is 20.7 Å². The van der Waals surface area contributed by atoms with Gasteiger partial charge in [0.25, 0.3) is 11.5 Å². The molecule has 1 saturated carbocycles. The fraction of sp³-hybridized carbons (Fsp3) is 0.259. The molecule has 6 nitrogen and oxygen atoms in total. The van der Waals surface area contributed by atoms with Crippen LogP contribution in [-0.4, -0.2) is 14.2 Å². The molecule has 5 rings (SSSR count). The molecule has 2 heterocycles. The van der Waals surface area contributed by atoms with Crippen molar-refractivity contribution in [3.63, 3.8) is 0 Å². The number of fused-ring (bicyclic) bond motifs is 1. The van der Waals surface area contributed by atoms with E-state index in [1.165, 1.54) is 3.58 Å². The maximum atomic E-state index is 12.7. The Bertz CT molecular complexity index is 1420. The topological polar surface area (TPSA) is 75.5 Å². The average Bonchev–Trinajstić information content (AvgIpc) is 3.38. The number of amides is 1. The summed E-state index contributed by atoms with van der Waals surface area (Å²) >= 11 is -0.457. The third-order valence-electron chi connectivity index (χ3n) is 6.29. The predicted molar refractivity (Wildman–Crippen MR) is 145 cm³/mol. The monoisotopic (exact) mass is 566 g/mol. The highest BCUT2D eigenvalue weighted by atomic mass is 127. The van der Waals surface area contributed by atoms with Crippen LogP contribution < -0.4 is 26.9 Å². The summed E-state index contributed by atoms with van der Waals surface area (Å²) in [6, 6.07) is 21.2. The number of nitrogens with zero attached hydrogens (tertiary/aromatic N) is 2. The van der Waals surface area contributed by atoms with Gasteiger partial charge in [-0.15, -0.1) is 0 Å². The smallest absolute Gasteiger partial charge is 0.252 e. The minimum Gasteiger partial charge on any atom is -0.348 e. The van der Waals surface area contributed by atoms with E-state index >= 15 is 0 Å². The fourth-order valence-electron chi connectivity index (χ4n) is 4.50. The molecule has 1 aliphatic carbocycles. The van der Waals surface area contributed by atoms with Crippen LogP contribution in [0, 0.1) is 0 Å². The zero-order chi connectivity index (χ0) is 23.5. The molecule has 2 aliphatic rings. The standard InChI is InChI=1S/C27H27IN4O2/c1-18-23-15-16-24(33)32(22-9-5-6-10-22)25(23)31-27(28-18)30-21-13-11-20(12-14-21)26(34)29-17-19-7-3-2-4-8-19/h2-4,7-8,11-16,22H,5-6,9-10,17H2,1H3,(H,29,34)(H,30,31). The van der Waals surface area contributed by atoms with Crippen molar-refractivity contribution in [3.8, 4) is 0 Å². The molecule has 3 aromatic rings. The highest BCUT2D eigenvalue weighted by Crippen LogP contribution is 2.27. The first-order valence-electron chi connectivity index (χ1n) is 11.6. The number of hydrogen-bond donors (Lipinski definition) is 2. The molecule has 0 atom stereocenters. The highest BCUT2D eigenvalue weighted by molar-refractivity contribution is 14.2. The predicted octanol–water partition coefficient (Wildman–Crippen LogP) is 3.82. The molecule has 0 radical (unpaired) electrons. The summed E-state index contributed by atoms with van der Waals surface area (Å²) < 4.78 is 4.13. The van der Waals surface area contributed by atoms with Crippen LogP contribution in [0.5, 0.6) is 0 Å². The van der Waals surface area contributed by atoms with E-state index < -0.39 is 20.7 Å². The number of benzene rings is 2. The van der Waals surface area contributed by atoms with Crippen LogP contribution in [0.15, 0.2) is 76.5 Å². The lowest BCUT2D eigenvalue weighted by Gasteiger charge is -2.17. The third kappa shape index (κ3) is 4.89. The molecule has 1 aliphatic heterocycles. The Morgan fingerprint density at radius 2 is 1.76 bits per heavy atom. The van der Waals surface area contributed by atoms with Crippen LogP contribution in [0.2, 0.25) is 0 Å². The molecule has 2 N–H and O–H groups in total. The van der Waals surface area contributed by atoms with Gasteiger partial charge >= 0.3 is 0 Å². The Hall–Kier alpha value is -3.07. The van der Waals surface area contributed by atoms with E-state index in [1.807, 2.05) is 65.2 Å². The van der Waals surface area contributed by atoms with Crippen molar-refractivity contribution in [3.05, 3.63) is 98.9 Å². The molecule has 0 bridgehead atoms. The van der Waals surface area contributed by atoms with Gasteiger partial charge in [-0.2, -0.15) is 0 Å². The summed E-state index contributed by atoms with van der Waals surface area (Å²) in [5.41, 5.74) is 3.40. The minimum absolute atomic E-state index is 0.0347. The van der Waals surface area contributed by atoms with Crippen LogP contribution in [-0.2, 0) is 6.54 Å². The molecule has 1 aromatic heterocycles. The van der Waals surface area contributed by atoms with Crippen LogP contribution in [0.4, 0.5) is 5.69 Å². The second-order valence-corrected chi connectivity index (χ2v) is 11.8. The highest BCUT2D eigenvalue weighted by Gasteiger charge is 2.20. The Labute approximate surface area is 208 Å². The summed E-state index contributed by atoms with van der Waals surface area (Å²) in [6.07, 6.45) is 4.40. The number of aromatic nitrogens is 1. The zero-order valence-corrected chi connectivity index (χ0v) is 21.2. The molecule has 1 fully saturated rings. The summed E-state index contributed by atoms with van der Waals surface area (Å²) in [5.74, 6) is -0.100. The largest absolute Gasteiger partial charge is 0.348 e. The van der Waals surface area contributed by atoms with Gasteiger partial charge in [0, 0.05) is 35.1 Å². The minimum atomic E-state index is -0.457. The van der Waals surface area contributed by atoms with Gasteiger partial charge in [-0.3, -0.25) is 14.2 Å². The summed E-state index contributed by atoms with van der Waals surface area (Å²) in [4.78, 5) is 30.2. The second kappa shape index (κ2) is 10.0. The fourth-order valence-corrected chi connectivity index (χ4v) is 6.77. The van der Waals surface area contributed by atoms with E-state index in [4.69, 9.17) is 4.99 Å². The van der Waals surface area contributed by atoms with Gasteiger partial charge in [0.1, 0.15) is 5.49 Å². The first-order chi connectivity index (χ1) is 16.6. The van der Waals surface area contributed by atoms with Gasteiger partial charge in [-0.25, -0.2) is 4.99 Å². The second-order valence-electron chi connectivity index (χ2n) is 8.62. The molecule has 34 heavy (non-hydrogen) atoms. The summed E-state index contributed by atoms with van der Waals surface area (Å²) in [5, 5.41) is 7.51. The van der Waals surface area contributed by atoms with Gasteiger partial charge in [-0.05, 0) is 80.0 Å². The lowest BCUT2D eigenvalue weighted by Crippen LogP contribution is -2.46. The molecule has 1 amide bonds. The van der Waals surface area contributed by atoms with Crippen molar-refractivity contribution in [1.82, 2.24) is 9.88 Å². The number of hydrogen-bond acceptors (Lipinski definition) is 4. The van der Waals surface area contributed by atoms with Gasteiger partial charge < -0.3 is 10.6 Å². The number of anilines is 1. The maximum Gasteiger partial charge on any atom is 0.252 e. The summed E-state index contributed by atoms with van der Waals surface area (Å²) in [6.45, 7) is 2.64. The molecule has 7 heteroatoms. The normalized spacial score (nSPS) is 15.6. The van der Waals surface area contributed by atoms with Crippen LogP contribution in [0.25, 0.3) is 3.58 Å². The van der Waals surface area contributed by atoms with Gasteiger partial charge in [-0.1, -0.05) is 43.2 Å². The van der Waals surface area contributed by atoms with E-state index in [0.717, 1.165) is 51.4 Å². The van der Waals surface area contributed by atoms with Gasteiger partial charge in [0.2, 0.25) is 0 Å². The van der Waals surface area contributed by atoms with Crippen molar-refractivity contribution in [2.24, 2.45) is 4.99 Å². The number of carbonyl (C=O) groups is 1. The SMILES string of the molecule is CC1=c2ccc(=O)n(C3CCCC3)c2=NC(Nc2ccc(C(=O)NCc3ccccc3)cc2)=I1. The lowest BCUT2D eigenvalue weighted by molar-refractivity contribution is 0.0951. The van der Waals surface area contributed by atoms with Crippen molar-refractivity contribution in [1.29, 1.82) is 0 Å². The third-order valence-corrected chi connectivity index (χ3v) is 8.70. The van der Waals surface area contributed by atoms with E-state index in [0.29, 0.717) is 12.1 Å². The van der Waals surface area contributed by atoms with Crippen molar-refractivity contribution >= 4 is 39.7 Å². The van der Waals surface area contributed by atoms with Crippen LogP contribution in [0.3, 0.4) is 0 Å². The Balaban J connectivity index is 1.34. The van der Waals surface area contributed by atoms with Gasteiger partial charge in [0.15, 0.2) is 3.76 Å². The molecule has 174 valence electrons. The maximum absolute atomic E-state index is 12.7. The van der Waals surface area contributed by atoms with Crippen LogP contribution in [0.1, 0.15) is 54.6 Å². The van der Waals surface area contributed by atoms with E-state index in [1.54, 1.807) is 6.07 Å². The van der Waals surface area contributed by atoms with Crippen molar-refractivity contribution in [2.75, 3.05) is 5.32 Å². The molecule has 0 saturated heterocycles. The Morgan fingerprint density at radius 3 is 2.50 bits per heavy atom. The lowest BCUT2D eigenvalue weighted by atomic mass is 10.2. The first kappa shape index (κ1) is 22.7. The van der Waals surface area contributed by atoms with Gasteiger partial charge in [0.05, 0.1) is 0 Å². The van der Waals surface area contributed by atoms with Crippen molar-refractivity contribution in [2.45, 2.75) is 45.2 Å². The number of nitrogens with one attached hydrogen (secondary N) is 2. The molecular weight excluding hydrogens is 539 g/mol. The Morgan fingerprint density at radius 1 is 1.03 bits per heavy atom. The Kier molecular flexibility index (Phi) is 6.71. The average molecular weight is 566 g/mol. The number of carbonyl (C=O) groups excluding carboxylic acids is 1. The zero-order valence-electron chi connectivity index (χ0n) is 19.1. The summed E-state index contributed by atoms with van der Waals surface area (Å²) in [7, 11) is 0. The molecule has 2 aromatic carbocycles. The number of pyridine rings is 1. The van der Waals surface area contributed by atoms with E-state index in [9.17, 15) is 9.59 Å². The van der Waals surface area contributed by atoms with E-state index in [-0.39, 0.29) is 17.5 Å². The quantitative estimate of drug-likeness (QED) is 0.446. The number of rotatable bonds is 6. The van der Waals surface area contributed by atoms with Crippen molar-refractivity contribution < 1.29 is 4.79 Å². The van der Waals surface area contributed by atoms with E-state index in [2.05, 4.69) is 17.6 Å².